The van der Waals surface area contributed by atoms with Gasteiger partial charge in [0.25, 0.3) is 5.79 Å². The van der Waals surface area contributed by atoms with Crippen LogP contribution in [0.3, 0.4) is 0 Å². The first kappa shape index (κ1) is 97.4. The molecule has 0 bridgehead atoms. The highest BCUT2D eigenvalue weighted by Crippen LogP contribution is 2.41. The minimum Gasteiger partial charge on any atom is -0.477 e. The Morgan fingerprint density at radius 1 is 0.347 bits per heavy atom. The van der Waals surface area contributed by atoms with Crippen LogP contribution in [-0.4, -0.2) is 509 Å². The van der Waals surface area contributed by atoms with Gasteiger partial charge in [0, 0.05) is 34.1 Å². The zero-order valence-corrected chi connectivity index (χ0v) is 63.1. The molecule has 53 heteroatoms. The second-order valence-corrected chi connectivity index (χ2v) is 29.6. The fourth-order valence-electron chi connectivity index (χ4n) is 15.0. The highest BCUT2D eigenvalue weighted by molar-refractivity contribution is 5.77. The van der Waals surface area contributed by atoms with Crippen LogP contribution in [0, 0.1) is 0 Å². The van der Waals surface area contributed by atoms with E-state index in [1.54, 1.807) is 0 Å². The molecule has 0 saturated carbocycles. The molecule has 9 heterocycles. The number of amides is 4. The molecule has 0 radical (unpaired) electrons. The summed E-state index contributed by atoms with van der Waals surface area (Å²) in [6.07, 6.45) is -89.0. The average Bonchev–Trinajstić information content (AvgIpc) is 0.761. The molecule has 0 aromatic heterocycles. The summed E-state index contributed by atoms with van der Waals surface area (Å²) in [4.78, 5) is 63.3. The van der Waals surface area contributed by atoms with Gasteiger partial charge in [0.05, 0.1) is 71.6 Å². The van der Waals surface area contributed by atoms with E-state index in [0.29, 0.717) is 0 Å². The lowest BCUT2D eigenvalue weighted by molar-refractivity contribution is -0.397. The van der Waals surface area contributed by atoms with Crippen LogP contribution in [-0.2, 0) is 104 Å². The molecular weight excluding hydrogens is 1620 g/mol. The van der Waals surface area contributed by atoms with E-state index in [1.807, 2.05) is 0 Å². The van der Waals surface area contributed by atoms with Gasteiger partial charge in [-0.05, 0) is 0 Å². The van der Waals surface area contributed by atoms with Crippen LogP contribution < -0.4 is 21.3 Å². The Bertz CT molecular complexity index is 3210. The molecule has 682 valence electrons. The molecule has 0 aromatic rings. The van der Waals surface area contributed by atoms with Crippen LogP contribution in [0.4, 0.5) is 0 Å². The van der Waals surface area contributed by atoms with Crippen LogP contribution in [0.2, 0.25) is 0 Å². The van der Waals surface area contributed by atoms with E-state index in [1.165, 1.54) is 0 Å². The highest BCUT2D eigenvalue weighted by Gasteiger charge is 2.62. The molecule has 31 N–H and O–H groups in total. The van der Waals surface area contributed by atoms with Crippen molar-refractivity contribution in [2.45, 2.75) is 316 Å². The van der Waals surface area contributed by atoms with Crippen molar-refractivity contribution in [3.05, 3.63) is 0 Å². The summed E-state index contributed by atoms with van der Waals surface area (Å²) in [5.41, 5.74) is 0. The molecular formula is C65H108N4O49. The third-order valence-corrected chi connectivity index (χ3v) is 21.3. The summed E-state index contributed by atoms with van der Waals surface area (Å²) in [6.45, 7) is -6.55. The first-order valence-electron chi connectivity index (χ1n) is 37.3. The first-order chi connectivity index (χ1) is 55.6. The molecule has 9 aliphatic heterocycles. The van der Waals surface area contributed by atoms with Gasteiger partial charge < -0.3 is 240 Å². The van der Waals surface area contributed by atoms with Gasteiger partial charge in [-0.25, -0.2) is 4.79 Å². The third-order valence-electron chi connectivity index (χ3n) is 21.3. The number of carboxylic acid groups (broad SMARTS) is 1. The smallest absolute Gasteiger partial charge is 0.364 e. The van der Waals surface area contributed by atoms with Crippen molar-refractivity contribution in [1.82, 2.24) is 21.3 Å². The van der Waals surface area contributed by atoms with Crippen molar-refractivity contribution < 1.29 is 242 Å². The number of carbonyl (C=O) groups is 5. The van der Waals surface area contributed by atoms with Gasteiger partial charge >= 0.3 is 5.97 Å². The average molecular weight is 1730 g/mol. The maximum Gasteiger partial charge on any atom is 0.364 e. The molecule has 9 rings (SSSR count). The Balaban J connectivity index is 0.987. The molecule has 9 saturated heterocycles. The van der Waals surface area contributed by atoms with Crippen LogP contribution in [0.25, 0.3) is 0 Å². The normalized spacial score (nSPS) is 47.6. The van der Waals surface area contributed by atoms with E-state index in [4.69, 9.17) is 80.5 Å². The quantitative estimate of drug-likeness (QED) is 0.0297. The van der Waals surface area contributed by atoms with Crippen molar-refractivity contribution >= 4 is 29.6 Å². The molecule has 46 atom stereocenters. The van der Waals surface area contributed by atoms with Crippen molar-refractivity contribution in [2.24, 2.45) is 0 Å². The highest BCUT2D eigenvalue weighted by atomic mass is 16.8. The number of ether oxygens (including phenoxy) is 17. The van der Waals surface area contributed by atoms with Gasteiger partial charge in [0.2, 0.25) is 23.6 Å². The summed E-state index contributed by atoms with van der Waals surface area (Å²) in [6, 6.07) is -7.41. The van der Waals surface area contributed by atoms with Gasteiger partial charge in [-0.1, -0.05) is 0 Å². The van der Waals surface area contributed by atoms with Crippen LogP contribution in [0.1, 0.15) is 34.1 Å². The molecule has 0 aliphatic carbocycles. The van der Waals surface area contributed by atoms with Crippen molar-refractivity contribution in [2.75, 3.05) is 59.5 Å². The van der Waals surface area contributed by atoms with Crippen LogP contribution in [0.5, 0.6) is 0 Å². The largest absolute Gasteiger partial charge is 0.477 e. The molecule has 9 aliphatic rings. The summed E-state index contributed by atoms with van der Waals surface area (Å²) in [5, 5.41) is 308. The second-order valence-electron chi connectivity index (χ2n) is 29.6. The monoisotopic (exact) mass is 1730 g/mol. The summed E-state index contributed by atoms with van der Waals surface area (Å²) < 4.78 is 99.8. The lowest BCUT2D eigenvalue weighted by atomic mass is 9.88. The van der Waals surface area contributed by atoms with Gasteiger partial charge in [-0.15, -0.1) is 0 Å². The number of carboxylic acids is 1. The fourth-order valence-corrected chi connectivity index (χ4v) is 15.0. The molecule has 4 amide bonds. The van der Waals surface area contributed by atoms with Crippen LogP contribution >= 0.6 is 0 Å². The topological polar surface area (TPSA) is 837 Å². The predicted octanol–water partition coefficient (Wildman–Crippen LogP) is -20.8. The van der Waals surface area contributed by atoms with Crippen molar-refractivity contribution in [3.63, 3.8) is 0 Å². The van der Waals surface area contributed by atoms with Gasteiger partial charge in [-0.2, -0.15) is 0 Å². The summed E-state index contributed by atoms with van der Waals surface area (Å²) in [5.74, 6) is -8.77. The maximum absolute atomic E-state index is 13.1. The third kappa shape index (κ3) is 21.4. The lowest BCUT2D eigenvalue weighted by Gasteiger charge is -2.51. The van der Waals surface area contributed by atoms with Gasteiger partial charge in [0.15, 0.2) is 50.3 Å². The molecule has 0 spiro atoms. The van der Waals surface area contributed by atoms with E-state index in [2.05, 4.69) is 21.3 Å². The number of aliphatic hydroxyl groups is 26. The molecule has 118 heavy (non-hydrogen) atoms. The Hall–Kier alpha value is -4.37. The number of hydrogen-bond acceptors (Lipinski definition) is 48. The van der Waals surface area contributed by atoms with E-state index < -0.39 is 377 Å². The standard InChI is InChI=1S/C65H108N4O49/c1-15(77)66-29-19(81)5-65(64(100)101,118-52(29)33(83)20(82)6-70)103-14-28-37(87)43(93)47(97)60(111-28)113-51-26(12-76)108-57(31(40(51)90)68-17(3)79)116-54-44(94)35(85)22(8-72)106-62(54)102-13-27-38(88)53(48(98)61(110-27)114-49-24(10-74)104-56(99)30(39(49)89)67-16(2)78)115-63-55(45(95)36(86)23(9-73)107-63)117-58-32(69-18(4)80)41(91)50(25(11-75)109-58)112-59-46(96)42(92)34(84)21(7-71)105-59/h19-63,70-76,81-99H,5-14H2,1-4H3,(H,66,77)(H,67,78)(H,68,79)(H,69,80)(H,100,101)/t19-,20+,21+,22+,23+,24+,25+,26+,27+,28+,29+,30+,31+,32+,33+,34-,35+,36+,37-,38+,39+,40+,41+,42-,43-,44-,45-,46+,47+,48-,49+,50+,51+,52+,53-,54-,55-,56?,57-,58-,59-,60-,61-,62+,63-,65+/m0/s1. The van der Waals surface area contributed by atoms with E-state index >= 15 is 0 Å². The zero-order valence-electron chi connectivity index (χ0n) is 63.1. The van der Waals surface area contributed by atoms with E-state index in [0.717, 1.165) is 27.7 Å². The van der Waals surface area contributed by atoms with Crippen LogP contribution in [0.15, 0.2) is 0 Å². The Morgan fingerprint density at radius 2 is 0.686 bits per heavy atom. The Labute approximate surface area is 666 Å². The predicted molar refractivity (Wildman–Crippen MR) is 361 cm³/mol. The van der Waals surface area contributed by atoms with Gasteiger partial charge in [0.1, 0.15) is 213 Å². The zero-order chi connectivity index (χ0) is 87.3. The molecule has 53 nitrogen and oxygen atoms in total. The molecule has 9 fully saturated rings. The van der Waals surface area contributed by atoms with Crippen molar-refractivity contribution in [1.29, 1.82) is 0 Å². The summed E-state index contributed by atoms with van der Waals surface area (Å²) in [7, 11) is 0. The fraction of sp³-hybridized carbons (Fsp3) is 0.923. The number of aliphatic hydroxyl groups excluding tert-OH is 26. The Morgan fingerprint density at radius 3 is 1.12 bits per heavy atom. The number of aliphatic carboxylic acids is 1. The number of rotatable bonds is 32. The maximum atomic E-state index is 13.1. The first-order valence-corrected chi connectivity index (χ1v) is 37.3. The second kappa shape index (κ2) is 42.1. The summed E-state index contributed by atoms with van der Waals surface area (Å²) >= 11 is 0. The number of carbonyl (C=O) groups excluding carboxylic acids is 4. The van der Waals surface area contributed by atoms with E-state index in [-0.39, 0.29) is 0 Å². The lowest BCUT2D eigenvalue weighted by Crippen LogP contribution is -2.70. The van der Waals surface area contributed by atoms with E-state index in [9.17, 15) is 162 Å². The molecule has 0 aromatic carbocycles. The van der Waals surface area contributed by atoms with Gasteiger partial charge in [-0.3, -0.25) is 19.2 Å². The Kier molecular flexibility index (Phi) is 34.7. The number of hydrogen-bond donors (Lipinski definition) is 31. The molecule has 1 unspecified atom stereocenters. The minimum atomic E-state index is -3.07. The van der Waals surface area contributed by atoms with Crippen molar-refractivity contribution in [3.8, 4) is 0 Å². The minimum absolute atomic E-state index is 0.836. The number of nitrogens with one attached hydrogen (secondary N) is 4. The SMILES string of the molecule is CC(=O)N[C@H]1[C@H](O[C@@H]2[C@H](OC[C@H]3O[C@@H](O[C@H]4[C@H](O)[C@@H](NC(C)=O)C(O)O[C@@H]4CO)[C@@H](O)[C@@H](O[C@@H]4O[C@H](CO)[C@@H](O)[C@H](O)[C@@H]4O[C@@H]4O[C@H](CO)[C@@H](O[C@@H]5O[C@H](CO)[C@H](O)[C@H](O)[C@H]5O)[C@H](O)[C@H]4NC(C)=O)[C@@H]3O)O[C@H](CO)[C@@H](O)[C@@H]2O)O[C@H](CO)[C@@H](O[C@@H]2O[C@H](CO[C@]3(C(=O)O)C[C@H](O)[C@@H](NC(C)=O)[C@H]([C@H](O)[C@H](O)CO)O3)[C@H](O)[C@H](O)[C@H]2O)[C@@H]1O.